The molecule has 0 bridgehead atoms. The molecule has 0 aromatic heterocycles. The smallest absolute Gasteiger partial charge is 0.422 e. The molecule has 5 nitrogen and oxygen atoms in total. The van der Waals surface area contributed by atoms with Crippen LogP contribution in [0.3, 0.4) is 0 Å². The fourth-order valence-electron chi connectivity index (χ4n) is 1.33. The topological polar surface area (TPSA) is 64.6 Å². The van der Waals surface area contributed by atoms with Gasteiger partial charge in [0.15, 0.2) is 6.61 Å². The number of anilines is 1. The number of amides is 1. The van der Waals surface area contributed by atoms with Crippen LogP contribution in [-0.2, 0) is 14.3 Å². The summed E-state index contributed by atoms with van der Waals surface area (Å²) in [6.07, 6.45) is -3.03. The van der Waals surface area contributed by atoms with E-state index in [0.29, 0.717) is 5.56 Å². The molecular formula is C14H14F3NO4. The standard InChI is InChI=1S/C14H14F3NO4/c1-2-21-12(19)8-5-10-3-6-11(7-4-10)18-13(20)22-9-14(15,16)17/h3-8H,2,9H2,1H3,(H,18,20)/b8-5+. The summed E-state index contributed by atoms with van der Waals surface area (Å²) in [5, 5.41) is 2.15. The number of hydrogen-bond donors (Lipinski definition) is 1. The monoisotopic (exact) mass is 317 g/mol. The predicted molar refractivity (Wildman–Crippen MR) is 73.1 cm³/mol. The highest BCUT2D eigenvalue weighted by molar-refractivity contribution is 5.87. The van der Waals surface area contributed by atoms with Gasteiger partial charge < -0.3 is 9.47 Å². The predicted octanol–water partition coefficient (Wildman–Crippen LogP) is 3.37. The number of nitrogens with one attached hydrogen (secondary N) is 1. The van der Waals surface area contributed by atoms with E-state index in [1.807, 2.05) is 0 Å². The van der Waals surface area contributed by atoms with E-state index in [2.05, 4.69) is 10.1 Å². The first-order valence-corrected chi connectivity index (χ1v) is 6.25. The lowest BCUT2D eigenvalue weighted by Gasteiger charge is -2.09. The first-order valence-electron chi connectivity index (χ1n) is 6.25. The first-order chi connectivity index (χ1) is 10.3. The molecule has 0 atom stereocenters. The Morgan fingerprint density at radius 1 is 1.18 bits per heavy atom. The van der Waals surface area contributed by atoms with E-state index in [4.69, 9.17) is 4.74 Å². The molecule has 0 radical (unpaired) electrons. The van der Waals surface area contributed by atoms with E-state index < -0.39 is 24.8 Å². The molecule has 1 rings (SSSR count). The van der Waals surface area contributed by atoms with Crippen LogP contribution in [0.25, 0.3) is 6.08 Å². The molecule has 1 N–H and O–H groups in total. The normalized spacial score (nSPS) is 11.3. The highest BCUT2D eigenvalue weighted by atomic mass is 19.4. The van der Waals surface area contributed by atoms with Crippen LogP contribution in [-0.4, -0.2) is 31.5 Å². The first kappa shape index (κ1) is 17.5. The largest absolute Gasteiger partial charge is 0.463 e. The zero-order chi connectivity index (χ0) is 16.6. The minimum Gasteiger partial charge on any atom is -0.463 e. The van der Waals surface area contributed by atoms with Crippen molar-refractivity contribution in [2.45, 2.75) is 13.1 Å². The summed E-state index contributed by atoms with van der Waals surface area (Å²) < 4.78 is 44.3. The Bertz CT molecular complexity index is 538. The van der Waals surface area contributed by atoms with Gasteiger partial charge >= 0.3 is 18.2 Å². The number of esters is 1. The third-order valence-electron chi connectivity index (χ3n) is 2.22. The molecule has 8 heteroatoms. The SMILES string of the molecule is CCOC(=O)/C=C/c1ccc(NC(=O)OCC(F)(F)F)cc1. The van der Waals surface area contributed by atoms with Gasteiger partial charge in [-0.2, -0.15) is 13.2 Å². The van der Waals surface area contributed by atoms with Gasteiger partial charge in [0.25, 0.3) is 0 Å². The molecule has 0 fully saturated rings. The number of carbonyl (C=O) groups is 2. The molecule has 0 aliphatic rings. The maximum Gasteiger partial charge on any atom is 0.422 e. The number of ether oxygens (including phenoxy) is 2. The summed E-state index contributed by atoms with van der Waals surface area (Å²) in [7, 11) is 0. The molecule has 0 saturated carbocycles. The lowest BCUT2D eigenvalue weighted by Crippen LogP contribution is -2.23. The fraction of sp³-hybridized carbons (Fsp3) is 0.286. The Balaban J connectivity index is 2.51. The van der Waals surface area contributed by atoms with E-state index in [-0.39, 0.29) is 12.3 Å². The van der Waals surface area contributed by atoms with Gasteiger partial charge in [-0.25, -0.2) is 9.59 Å². The van der Waals surface area contributed by atoms with Gasteiger partial charge in [-0.15, -0.1) is 0 Å². The zero-order valence-electron chi connectivity index (χ0n) is 11.6. The average molecular weight is 317 g/mol. The van der Waals surface area contributed by atoms with Crippen molar-refractivity contribution in [3.63, 3.8) is 0 Å². The van der Waals surface area contributed by atoms with Crippen molar-refractivity contribution in [1.82, 2.24) is 0 Å². The molecule has 0 heterocycles. The van der Waals surface area contributed by atoms with E-state index >= 15 is 0 Å². The van der Waals surface area contributed by atoms with Gasteiger partial charge in [0, 0.05) is 11.8 Å². The Labute approximate surface area is 124 Å². The van der Waals surface area contributed by atoms with E-state index in [9.17, 15) is 22.8 Å². The van der Waals surface area contributed by atoms with Gasteiger partial charge in [-0.3, -0.25) is 5.32 Å². The van der Waals surface area contributed by atoms with Crippen molar-refractivity contribution in [1.29, 1.82) is 0 Å². The zero-order valence-corrected chi connectivity index (χ0v) is 11.6. The minimum atomic E-state index is -4.57. The fourth-order valence-corrected chi connectivity index (χ4v) is 1.33. The summed E-state index contributed by atoms with van der Waals surface area (Å²) in [6.45, 7) is 0.301. The lowest BCUT2D eigenvalue weighted by molar-refractivity contribution is -0.159. The molecule has 22 heavy (non-hydrogen) atoms. The van der Waals surface area contributed by atoms with E-state index in [0.717, 1.165) is 0 Å². The van der Waals surface area contributed by atoms with Crippen molar-refractivity contribution >= 4 is 23.8 Å². The Morgan fingerprint density at radius 3 is 2.36 bits per heavy atom. The van der Waals surface area contributed by atoms with Crippen molar-refractivity contribution in [2.75, 3.05) is 18.5 Å². The summed E-state index contributed by atoms with van der Waals surface area (Å²) in [4.78, 5) is 22.2. The number of hydrogen-bond acceptors (Lipinski definition) is 4. The van der Waals surface area contributed by atoms with Gasteiger partial charge in [-0.1, -0.05) is 12.1 Å². The molecule has 1 amide bonds. The van der Waals surface area contributed by atoms with Crippen molar-refractivity contribution in [2.24, 2.45) is 0 Å². The highest BCUT2D eigenvalue weighted by Crippen LogP contribution is 2.15. The third kappa shape index (κ3) is 7.32. The van der Waals surface area contributed by atoms with Crippen LogP contribution in [0, 0.1) is 0 Å². The van der Waals surface area contributed by atoms with Crippen LogP contribution in [0.4, 0.5) is 23.7 Å². The molecular weight excluding hydrogens is 303 g/mol. The van der Waals surface area contributed by atoms with E-state index in [1.54, 1.807) is 19.1 Å². The second kappa shape index (κ2) is 8.06. The van der Waals surface area contributed by atoms with Crippen molar-refractivity contribution in [3.05, 3.63) is 35.9 Å². The summed E-state index contributed by atoms with van der Waals surface area (Å²) in [5.74, 6) is -0.486. The Kier molecular flexibility index (Phi) is 6.43. The van der Waals surface area contributed by atoms with Crippen LogP contribution in [0.5, 0.6) is 0 Å². The number of rotatable bonds is 5. The van der Waals surface area contributed by atoms with Crippen LogP contribution in [0.1, 0.15) is 12.5 Å². The maximum absolute atomic E-state index is 11.9. The second-order valence-electron chi connectivity index (χ2n) is 4.02. The molecule has 0 aliphatic heterocycles. The van der Waals surface area contributed by atoms with Crippen molar-refractivity contribution < 1.29 is 32.2 Å². The van der Waals surface area contributed by atoms with E-state index in [1.165, 1.54) is 24.3 Å². The minimum absolute atomic E-state index is 0.264. The summed E-state index contributed by atoms with van der Waals surface area (Å²) in [5.41, 5.74) is 0.919. The van der Waals surface area contributed by atoms with Crippen LogP contribution >= 0.6 is 0 Å². The van der Waals surface area contributed by atoms with Crippen LogP contribution in [0.15, 0.2) is 30.3 Å². The highest BCUT2D eigenvalue weighted by Gasteiger charge is 2.29. The summed E-state index contributed by atoms with van der Waals surface area (Å²) >= 11 is 0. The van der Waals surface area contributed by atoms with Gasteiger partial charge in [0.05, 0.1) is 6.61 Å². The molecule has 1 aromatic rings. The summed E-state index contributed by atoms with van der Waals surface area (Å²) in [6, 6.07) is 6.05. The van der Waals surface area contributed by atoms with Crippen LogP contribution in [0.2, 0.25) is 0 Å². The third-order valence-corrected chi connectivity index (χ3v) is 2.22. The maximum atomic E-state index is 11.9. The molecule has 0 unspecified atom stereocenters. The molecule has 1 aromatic carbocycles. The van der Waals surface area contributed by atoms with Crippen LogP contribution < -0.4 is 5.32 Å². The number of carbonyl (C=O) groups excluding carboxylic acids is 2. The lowest BCUT2D eigenvalue weighted by atomic mass is 10.2. The second-order valence-corrected chi connectivity index (χ2v) is 4.02. The number of halogens is 3. The van der Waals surface area contributed by atoms with Crippen molar-refractivity contribution in [3.8, 4) is 0 Å². The molecule has 120 valence electrons. The van der Waals surface area contributed by atoms with Gasteiger partial charge in [-0.05, 0) is 30.7 Å². The Hall–Kier alpha value is -2.51. The molecule has 0 saturated heterocycles. The number of alkyl halides is 3. The molecule has 0 aliphatic carbocycles. The number of benzene rings is 1. The van der Waals surface area contributed by atoms with Gasteiger partial charge in [0.2, 0.25) is 0 Å². The van der Waals surface area contributed by atoms with Gasteiger partial charge in [0.1, 0.15) is 0 Å². The quantitative estimate of drug-likeness (QED) is 0.668. The average Bonchev–Trinajstić information content (AvgIpc) is 2.44. The Morgan fingerprint density at radius 2 is 1.82 bits per heavy atom. The molecule has 0 spiro atoms.